The Kier molecular flexibility index (Phi) is 4.56. The topological polar surface area (TPSA) is 114 Å². The molecule has 1 aliphatic heterocycles. The predicted octanol–water partition coefficient (Wildman–Crippen LogP) is 2.49. The number of H-pyrrole nitrogens is 1. The first-order valence-electron chi connectivity index (χ1n) is 10.2. The summed E-state index contributed by atoms with van der Waals surface area (Å²) in [5, 5.41) is 5.79. The smallest absolute Gasteiger partial charge is 0.285 e. The number of nitrogens with zero attached hydrogens (tertiary/aromatic N) is 7. The van der Waals surface area contributed by atoms with Crippen LogP contribution in [0.2, 0.25) is 5.02 Å². The van der Waals surface area contributed by atoms with Crippen molar-refractivity contribution in [3.8, 4) is 5.82 Å². The number of aromatic amines is 1. The third-order valence-corrected chi connectivity index (χ3v) is 7.10. The molecule has 10 nitrogen and oxygen atoms in total. The van der Waals surface area contributed by atoms with Gasteiger partial charge in [0.1, 0.15) is 29.1 Å². The van der Waals surface area contributed by atoms with E-state index in [1.807, 2.05) is 11.0 Å². The van der Waals surface area contributed by atoms with Crippen molar-refractivity contribution < 1.29 is 4.21 Å². The fourth-order valence-electron chi connectivity index (χ4n) is 4.24. The Morgan fingerprint density at radius 2 is 2.09 bits per heavy atom. The number of nitrogens with one attached hydrogen (secondary N) is 1. The molecule has 1 aliphatic rings. The van der Waals surface area contributed by atoms with Gasteiger partial charge in [0, 0.05) is 31.4 Å². The Bertz CT molecular complexity index is 1610. The van der Waals surface area contributed by atoms with Gasteiger partial charge in [0.25, 0.3) is 5.56 Å². The van der Waals surface area contributed by atoms with Crippen molar-refractivity contribution in [1.29, 1.82) is 0 Å². The largest absolute Gasteiger partial charge is 0.345 e. The van der Waals surface area contributed by atoms with Crippen molar-refractivity contribution in [2.45, 2.75) is 17.4 Å². The minimum Gasteiger partial charge on any atom is -0.345 e. The molecule has 0 radical (unpaired) electrons. The number of pyridine rings is 1. The van der Waals surface area contributed by atoms with Gasteiger partial charge < -0.3 is 9.88 Å². The Morgan fingerprint density at radius 1 is 1.21 bits per heavy atom. The van der Waals surface area contributed by atoms with Gasteiger partial charge in [0.15, 0.2) is 5.82 Å². The van der Waals surface area contributed by atoms with Crippen LogP contribution in [0.4, 0.5) is 5.82 Å². The summed E-state index contributed by atoms with van der Waals surface area (Å²) in [5.74, 6) is 1.63. The van der Waals surface area contributed by atoms with Crippen LogP contribution < -0.4 is 10.5 Å². The van der Waals surface area contributed by atoms with E-state index in [0.717, 1.165) is 6.42 Å². The summed E-state index contributed by atoms with van der Waals surface area (Å²) in [7, 11) is -1.22. The average Bonchev–Trinajstić information content (AvgIpc) is 3.38. The van der Waals surface area contributed by atoms with Gasteiger partial charge in [-0.3, -0.25) is 9.00 Å². The summed E-state index contributed by atoms with van der Waals surface area (Å²) < 4.78 is 15.3. The molecule has 0 bridgehead atoms. The molecule has 33 heavy (non-hydrogen) atoms. The van der Waals surface area contributed by atoms with E-state index in [-0.39, 0.29) is 17.1 Å². The molecule has 2 atom stereocenters. The standard InChI is InChI=1S/C21H17ClN8O2S/c1-33(32)14-10-24-18-16(14)20(26-11-25-18)28-8-6-13(28)19-27-29-9-5-12(22)17(29)21(31)30(19)15-4-2-3-7-23-15/h2-5,7,9-11,13H,6,8H2,1H3,(H,24,25,26)/t13?,33-/m0/s1. The molecule has 1 N–H and O–H groups in total. The molecule has 6 rings (SSSR count). The van der Waals surface area contributed by atoms with Crippen molar-refractivity contribution >= 4 is 44.8 Å². The lowest BCUT2D eigenvalue weighted by atomic mass is 10.0. The van der Waals surface area contributed by atoms with E-state index in [1.165, 1.54) is 15.4 Å². The van der Waals surface area contributed by atoms with Crippen LogP contribution in [0.1, 0.15) is 18.3 Å². The lowest BCUT2D eigenvalue weighted by Gasteiger charge is -2.42. The molecule has 5 aromatic heterocycles. The number of halogens is 1. The van der Waals surface area contributed by atoms with Crippen LogP contribution >= 0.6 is 11.6 Å². The summed E-state index contributed by atoms with van der Waals surface area (Å²) in [6.45, 7) is 0.695. The summed E-state index contributed by atoms with van der Waals surface area (Å²) in [4.78, 5) is 32.5. The normalized spacial score (nSPS) is 16.9. The van der Waals surface area contributed by atoms with Crippen LogP contribution in [0.3, 0.4) is 0 Å². The van der Waals surface area contributed by atoms with Crippen molar-refractivity contribution in [2.75, 3.05) is 17.7 Å². The quantitative estimate of drug-likeness (QED) is 0.420. The second kappa shape index (κ2) is 7.49. The van der Waals surface area contributed by atoms with Crippen molar-refractivity contribution in [3.63, 3.8) is 0 Å². The van der Waals surface area contributed by atoms with Gasteiger partial charge in [0.2, 0.25) is 0 Å². The van der Waals surface area contributed by atoms with E-state index in [2.05, 4.69) is 19.9 Å². The van der Waals surface area contributed by atoms with Crippen LogP contribution in [-0.4, -0.2) is 51.1 Å². The fourth-order valence-corrected chi connectivity index (χ4v) is 5.17. The molecular formula is C21H17ClN8O2S. The summed E-state index contributed by atoms with van der Waals surface area (Å²) in [5.41, 5.74) is 0.597. The number of rotatable bonds is 4. The van der Waals surface area contributed by atoms with Crippen molar-refractivity contribution in [1.82, 2.24) is 34.1 Å². The molecule has 166 valence electrons. The second-order valence-electron chi connectivity index (χ2n) is 7.67. The van der Waals surface area contributed by atoms with Gasteiger partial charge >= 0.3 is 0 Å². The molecule has 1 fully saturated rings. The van der Waals surface area contributed by atoms with Gasteiger partial charge in [-0.2, -0.15) is 5.10 Å². The molecule has 0 saturated carbocycles. The molecule has 0 aliphatic carbocycles. The van der Waals surface area contributed by atoms with Crippen LogP contribution in [0, 0.1) is 0 Å². The van der Waals surface area contributed by atoms with Gasteiger partial charge in [-0.25, -0.2) is 24.0 Å². The van der Waals surface area contributed by atoms with E-state index in [4.69, 9.17) is 16.7 Å². The minimum absolute atomic E-state index is 0.253. The Morgan fingerprint density at radius 3 is 2.82 bits per heavy atom. The zero-order valence-corrected chi connectivity index (χ0v) is 18.9. The third kappa shape index (κ3) is 3.00. The maximum absolute atomic E-state index is 13.5. The maximum Gasteiger partial charge on any atom is 0.285 e. The van der Waals surface area contributed by atoms with E-state index in [1.54, 1.807) is 43.0 Å². The first-order valence-corrected chi connectivity index (χ1v) is 12.1. The average molecular weight is 481 g/mol. The number of fused-ring (bicyclic) bond motifs is 2. The highest BCUT2D eigenvalue weighted by molar-refractivity contribution is 7.84. The number of aromatic nitrogens is 7. The zero-order chi connectivity index (χ0) is 22.7. The molecule has 0 amide bonds. The van der Waals surface area contributed by atoms with Crippen LogP contribution in [0.25, 0.3) is 22.4 Å². The molecule has 0 spiro atoms. The first kappa shape index (κ1) is 20.1. The van der Waals surface area contributed by atoms with Gasteiger partial charge in [-0.15, -0.1) is 0 Å². The fraction of sp³-hybridized carbons (Fsp3) is 0.190. The van der Waals surface area contributed by atoms with Crippen molar-refractivity contribution in [2.24, 2.45) is 0 Å². The molecule has 1 unspecified atom stereocenters. The van der Waals surface area contributed by atoms with E-state index < -0.39 is 10.8 Å². The van der Waals surface area contributed by atoms with E-state index in [9.17, 15) is 9.00 Å². The zero-order valence-electron chi connectivity index (χ0n) is 17.3. The monoisotopic (exact) mass is 480 g/mol. The van der Waals surface area contributed by atoms with Gasteiger partial charge in [-0.05, 0) is 24.6 Å². The molecule has 1 saturated heterocycles. The Hall–Kier alpha value is -3.57. The third-order valence-electron chi connectivity index (χ3n) is 5.85. The highest BCUT2D eigenvalue weighted by Gasteiger charge is 2.37. The SMILES string of the molecule is C[S@](=O)c1c[nH]c2ncnc(N3CCC3c3nn4ccc(Cl)c4c(=O)n3-c3ccccn3)c12. The predicted molar refractivity (Wildman–Crippen MR) is 125 cm³/mol. The molecule has 0 aromatic carbocycles. The molecule has 12 heteroatoms. The van der Waals surface area contributed by atoms with Crippen molar-refractivity contribution in [3.05, 3.63) is 70.4 Å². The first-order chi connectivity index (χ1) is 16.0. The summed E-state index contributed by atoms with van der Waals surface area (Å²) >= 11 is 6.29. The van der Waals surface area contributed by atoms with E-state index >= 15 is 0 Å². The second-order valence-corrected chi connectivity index (χ2v) is 9.42. The Labute approximate surface area is 194 Å². The lowest BCUT2D eigenvalue weighted by Crippen LogP contribution is -2.45. The van der Waals surface area contributed by atoms with Gasteiger partial charge in [0.05, 0.1) is 32.1 Å². The number of hydrogen-bond acceptors (Lipinski definition) is 7. The summed E-state index contributed by atoms with van der Waals surface area (Å²) in [6, 6.07) is 6.76. The highest BCUT2D eigenvalue weighted by atomic mass is 35.5. The Balaban J connectivity index is 1.57. The molecule has 5 aromatic rings. The van der Waals surface area contributed by atoms with Gasteiger partial charge in [-0.1, -0.05) is 17.7 Å². The maximum atomic E-state index is 13.5. The molecular weight excluding hydrogens is 464 g/mol. The lowest BCUT2D eigenvalue weighted by molar-refractivity contribution is 0.423. The summed E-state index contributed by atoms with van der Waals surface area (Å²) in [6.07, 6.45) is 8.84. The van der Waals surface area contributed by atoms with Crippen LogP contribution in [0.15, 0.2) is 58.9 Å². The van der Waals surface area contributed by atoms with Crippen LogP contribution in [-0.2, 0) is 10.8 Å². The van der Waals surface area contributed by atoms with E-state index in [0.29, 0.717) is 45.0 Å². The number of anilines is 1. The molecule has 6 heterocycles. The van der Waals surface area contributed by atoms with Crippen LogP contribution in [0.5, 0.6) is 0 Å². The number of hydrogen-bond donors (Lipinski definition) is 1. The minimum atomic E-state index is -1.22. The highest BCUT2D eigenvalue weighted by Crippen LogP contribution is 2.40.